The Labute approximate surface area is 216 Å². The highest BCUT2D eigenvalue weighted by Crippen LogP contribution is 2.36. The van der Waals surface area contributed by atoms with Crippen molar-refractivity contribution >= 4 is 44.0 Å². The summed E-state index contributed by atoms with van der Waals surface area (Å²) in [5, 5.41) is 4.02. The fourth-order valence-electron chi connectivity index (χ4n) is 3.14. The van der Waals surface area contributed by atoms with Gasteiger partial charge in [0.25, 0.3) is 5.91 Å². The monoisotopic (exact) mass is 588 g/mol. The summed E-state index contributed by atoms with van der Waals surface area (Å²) in [5.74, 6) is 1.39. The summed E-state index contributed by atoms with van der Waals surface area (Å²) in [7, 11) is 1.57. The number of hydrazone groups is 1. The molecule has 0 spiro atoms. The van der Waals surface area contributed by atoms with Gasteiger partial charge in [0.15, 0.2) is 18.1 Å². The van der Waals surface area contributed by atoms with Crippen LogP contribution in [0.5, 0.6) is 17.2 Å². The van der Waals surface area contributed by atoms with Gasteiger partial charge in [-0.15, -0.1) is 0 Å². The number of hydrogen-bond donors (Lipinski definition) is 1. The Bertz CT molecular complexity index is 1140. The lowest BCUT2D eigenvalue weighted by molar-refractivity contribution is -0.123. The fourth-order valence-corrected chi connectivity index (χ4v) is 4.26. The van der Waals surface area contributed by atoms with Crippen molar-refractivity contribution in [2.24, 2.45) is 5.10 Å². The summed E-state index contributed by atoms with van der Waals surface area (Å²) in [5.41, 5.74) is 5.47. The molecule has 0 heterocycles. The van der Waals surface area contributed by atoms with Crippen molar-refractivity contribution in [3.8, 4) is 17.2 Å². The predicted octanol–water partition coefficient (Wildman–Crippen LogP) is 6.28. The Balaban J connectivity index is 1.55. The average molecular weight is 590 g/mol. The third kappa shape index (κ3) is 7.60. The Hall–Kier alpha value is -2.84. The Kier molecular flexibility index (Phi) is 9.97. The number of amides is 1. The number of methoxy groups -OCH3 is 1. The number of benzene rings is 3. The highest BCUT2D eigenvalue weighted by Gasteiger charge is 2.12. The third-order valence-electron chi connectivity index (χ3n) is 4.77. The van der Waals surface area contributed by atoms with E-state index < -0.39 is 0 Å². The van der Waals surface area contributed by atoms with E-state index in [-0.39, 0.29) is 12.5 Å². The molecule has 1 amide bonds. The number of carbonyl (C=O) groups is 1. The lowest BCUT2D eigenvalue weighted by atomic mass is 10.1. The zero-order valence-electron chi connectivity index (χ0n) is 19.0. The predicted molar refractivity (Wildman–Crippen MR) is 141 cm³/mol. The second kappa shape index (κ2) is 13.2. The standard InChI is InChI=1S/C26H26Br2N2O4/c1-3-7-18-10-11-23(21(27)12-18)33-17-25(31)30-29-15-20-13-22(28)26(24(14-20)32-2)34-16-19-8-5-4-6-9-19/h4-6,8-15H,3,7,16-17H2,1-2H3,(H,30,31)/b29-15+. The molecule has 0 aliphatic carbocycles. The number of carbonyl (C=O) groups excluding carboxylic acids is 1. The van der Waals surface area contributed by atoms with Crippen LogP contribution in [0.15, 0.2) is 74.7 Å². The van der Waals surface area contributed by atoms with E-state index in [4.69, 9.17) is 14.2 Å². The molecule has 0 saturated carbocycles. The van der Waals surface area contributed by atoms with Crippen molar-refractivity contribution in [1.29, 1.82) is 0 Å². The fraction of sp³-hybridized carbons (Fsp3) is 0.231. The molecule has 8 heteroatoms. The van der Waals surface area contributed by atoms with Gasteiger partial charge in [0.2, 0.25) is 0 Å². The Morgan fingerprint density at radius 1 is 0.971 bits per heavy atom. The molecule has 3 rings (SSSR count). The number of rotatable bonds is 11. The first-order chi connectivity index (χ1) is 16.5. The quantitative estimate of drug-likeness (QED) is 0.211. The normalized spacial score (nSPS) is 10.8. The van der Waals surface area contributed by atoms with Gasteiger partial charge in [0.1, 0.15) is 12.4 Å². The molecular weight excluding hydrogens is 564 g/mol. The minimum absolute atomic E-state index is 0.150. The van der Waals surface area contributed by atoms with E-state index in [1.807, 2.05) is 54.6 Å². The molecule has 0 aliphatic heterocycles. The van der Waals surface area contributed by atoms with Crippen molar-refractivity contribution in [3.63, 3.8) is 0 Å². The number of hydrogen-bond acceptors (Lipinski definition) is 5. The van der Waals surface area contributed by atoms with E-state index in [1.165, 1.54) is 11.8 Å². The van der Waals surface area contributed by atoms with Crippen LogP contribution in [0.1, 0.15) is 30.0 Å². The van der Waals surface area contributed by atoms with Crippen LogP contribution in [0.3, 0.4) is 0 Å². The summed E-state index contributed by atoms with van der Waals surface area (Å²) in [4.78, 5) is 12.1. The second-order valence-electron chi connectivity index (χ2n) is 7.41. The highest BCUT2D eigenvalue weighted by atomic mass is 79.9. The van der Waals surface area contributed by atoms with E-state index in [0.717, 1.165) is 32.9 Å². The van der Waals surface area contributed by atoms with Gasteiger partial charge >= 0.3 is 0 Å². The number of ether oxygens (including phenoxy) is 3. The minimum atomic E-state index is -0.366. The lowest BCUT2D eigenvalue weighted by Crippen LogP contribution is -2.24. The van der Waals surface area contributed by atoms with Gasteiger partial charge < -0.3 is 14.2 Å². The van der Waals surface area contributed by atoms with Crippen LogP contribution in [0, 0.1) is 0 Å². The number of halogens is 2. The van der Waals surface area contributed by atoms with Crippen LogP contribution >= 0.6 is 31.9 Å². The van der Waals surface area contributed by atoms with Crippen molar-refractivity contribution in [3.05, 3.63) is 86.3 Å². The first kappa shape index (κ1) is 25.8. The Morgan fingerprint density at radius 2 is 1.76 bits per heavy atom. The minimum Gasteiger partial charge on any atom is -0.493 e. The molecule has 3 aromatic carbocycles. The maximum Gasteiger partial charge on any atom is 0.277 e. The summed E-state index contributed by atoms with van der Waals surface area (Å²) < 4.78 is 18.5. The summed E-state index contributed by atoms with van der Waals surface area (Å²) in [6.45, 7) is 2.39. The van der Waals surface area contributed by atoms with Crippen LogP contribution in [0.25, 0.3) is 0 Å². The molecule has 0 aromatic heterocycles. The van der Waals surface area contributed by atoms with Gasteiger partial charge in [-0.05, 0) is 79.2 Å². The average Bonchev–Trinajstić information content (AvgIpc) is 2.83. The molecule has 34 heavy (non-hydrogen) atoms. The van der Waals surface area contributed by atoms with E-state index in [2.05, 4.69) is 49.3 Å². The smallest absolute Gasteiger partial charge is 0.277 e. The van der Waals surface area contributed by atoms with E-state index >= 15 is 0 Å². The van der Waals surface area contributed by atoms with Crippen LogP contribution in [0.2, 0.25) is 0 Å². The molecule has 1 N–H and O–H groups in total. The van der Waals surface area contributed by atoms with Crippen molar-refractivity contribution in [1.82, 2.24) is 5.43 Å². The zero-order chi connectivity index (χ0) is 24.3. The molecule has 0 radical (unpaired) electrons. The molecule has 0 bridgehead atoms. The van der Waals surface area contributed by atoms with E-state index in [1.54, 1.807) is 13.2 Å². The summed E-state index contributed by atoms with van der Waals surface area (Å²) in [6, 6.07) is 19.4. The van der Waals surface area contributed by atoms with E-state index in [9.17, 15) is 4.79 Å². The molecule has 6 nitrogen and oxygen atoms in total. The van der Waals surface area contributed by atoms with Crippen LogP contribution in [-0.2, 0) is 17.8 Å². The number of nitrogens with one attached hydrogen (secondary N) is 1. The van der Waals surface area contributed by atoms with Crippen LogP contribution < -0.4 is 19.6 Å². The van der Waals surface area contributed by atoms with Gasteiger partial charge in [-0.25, -0.2) is 5.43 Å². The Morgan fingerprint density at radius 3 is 2.47 bits per heavy atom. The van der Waals surface area contributed by atoms with Gasteiger partial charge in [-0.2, -0.15) is 5.10 Å². The molecule has 3 aromatic rings. The highest BCUT2D eigenvalue weighted by molar-refractivity contribution is 9.10. The van der Waals surface area contributed by atoms with Crippen molar-refractivity contribution < 1.29 is 19.0 Å². The molecule has 0 unspecified atom stereocenters. The molecular formula is C26H26Br2N2O4. The molecule has 0 atom stereocenters. The van der Waals surface area contributed by atoms with Crippen molar-refractivity contribution in [2.45, 2.75) is 26.4 Å². The second-order valence-corrected chi connectivity index (χ2v) is 9.11. The topological polar surface area (TPSA) is 69.2 Å². The van der Waals surface area contributed by atoms with Crippen LogP contribution in [-0.4, -0.2) is 25.8 Å². The SMILES string of the molecule is CCCc1ccc(OCC(=O)N/N=C/c2cc(Br)c(OCc3ccccc3)c(OC)c2)c(Br)c1. The molecule has 0 fully saturated rings. The molecule has 178 valence electrons. The number of aryl methyl sites for hydroxylation is 1. The largest absolute Gasteiger partial charge is 0.493 e. The van der Waals surface area contributed by atoms with Gasteiger partial charge in [-0.1, -0.05) is 49.7 Å². The van der Waals surface area contributed by atoms with Gasteiger partial charge in [0.05, 0.1) is 22.3 Å². The van der Waals surface area contributed by atoms with Crippen LogP contribution in [0.4, 0.5) is 0 Å². The maximum atomic E-state index is 12.1. The first-order valence-corrected chi connectivity index (χ1v) is 12.4. The third-order valence-corrected chi connectivity index (χ3v) is 5.98. The summed E-state index contributed by atoms with van der Waals surface area (Å²) >= 11 is 7.02. The number of nitrogens with zero attached hydrogens (tertiary/aromatic N) is 1. The van der Waals surface area contributed by atoms with Gasteiger partial charge in [0, 0.05) is 0 Å². The van der Waals surface area contributed by atoms with Gasteiger partial charge in [-0.3, -0.25) is 4.79 Å². The first-order valence-electron chi connectivity index (χ1n) is 10.8. The summed E-state index contributed by atoms with van der Waals surface area (Å²) in [6.07, 6.45) is 3.59. The maximum absolute atomic E-state index is 12.1. The van der Waals surface area contributed by atoms with Crippen molar-refractivity contribution in [2.75, 3.05) is 13.7 Å². The van der Waals surface area contributed by atoms with E-state index in [0.29, 0.717) is 23.9 Å². The molecule has 0 aliphatic rings. The molecule has 0 saturated heterocycles. The lowest BCUT2D eigenvalue weighted by Gasteiger charge is -2.13. The zero-order valence-corrected chi connectivity index (χ0v) is 22.2.